The summed E-state index contributed by atoms with van der Waals surface area (Å²) in [5.41, 5.74) is -0.0209. The molecule has 8 heteroatoms. The van der Waals surface area contributed by atoms with Crippen molar-refractivity contribution in [2.24, 2.45) is 5.92 Å². The Balaban J connectivity index is 1.37. The predicted octanol–water partition coefficient (Wildman–Crippen LogP) is 2.61. The number of carbonyl (C=O) groups is 2. The summed E-state index contributed by atoms with van der Waals surface area (Å²) in [5.74, 6) is 1.18. The van der Waals surface area contributed by atoms with Crippen molar-refractivity contribution >= 4 is 17.5 Å². The van der Waals surface area contributed by atoms with Gasteiger partial charge in [-0.3, -0.25) is 19.7 Å². The van der Waals surface area contributed by atoms with Crippen molar-refractivity contribution in [3.63, 3.8) is 0 Å². The largest absolute Gasteiger partial charge is 0.484 e. The highest BCUT2D eigenvalue weighted by atomic mass is 16.6. The van der Waals surface area contributed by atoms with Crippen molar-refractivity contribution in [2.45, 2.75) is 38.5 Å². The Kier molecular flexibility index (Phi) is 6.84. The molecule has 0 unspecified atom stereocenters. The molecule has 1 aliphatic heterocycles. The molecule has 1 aliphatic carbocycles. The molecule has 1 aromatic carbocycles. The number of nitrogens with zero attached hydrogens (tertiary/aromatic N) is 3. The molecule has 1 saturated carbocycles. The molecule has 2 aliphatic rings. The number of piperazine rings is 1. The molecular formula is C20H27N3O5. The number of benzene rings is 1. The van der Waals surface area contributed by atoms with Gasteiger partial charge in [-0.25, -0.2) is 0 Å². The van der Waals surface area contributed by atoms with Crippen LogP contribution in [0.1, 0.15) is 38.5 Å². The lowest BCUT2D eigenvalue weighted by Gasteiger charge is -2.35. The van der Waals surface area contributed by atoms with Gasteiger partial charge in [0.05, 0.1) is 4.92 Å². The second kappa shape index (κ2) is 9.52. The Hall–Kier alpha value is -2.64. The van der Waals surface area contributed by atoms with Crippen LogP contribution < -0.4 is 4.74 Å². The van der Waals surface area contributed by atoms with E-state index in [1.165, 1.54) is 49.9 Å². The van der Waals surface area contributed by atoms with Gasteiger partial charge in [0.2, 0.25) is 5.91 Å². The lowest BCUT2D eigenvalue weighted by atomic mass is 10.0. The molecule has 0 spiro atoms. The van der Waals surface area contributed by atoms with Crippen LogP contribution in [0.2, 0.25) is 0 Å². The molecule has 2 amide bonds. The van der Waals surface area contributed by atoms with Gasteiger partial charge in [0.15, 0.2) is 6.61 Å². The fourth-order valence-corrected chi connectivity index (χ4v) is 3.89. The van der Waals surface area contributed by atoms with Gasteiger partial charge in [0.1, 0.15) is 5.75 Å². The van der Waals surface area contributed by atoms with Crippen molar-refractivity contribution < 1.29 is 19.2 Å². The van der Waals surface area contributed by atoms with Crippen LogP contribution >= 0.6 is 0 Å². The van der Waals surface area contributed by atoms with Crippen molar-refractivity contribution in [1.29, 1.82) is 0 Å². The first kappa shape index (κ1) is 20.1. The van der Waals surface area contributed by atoms with Gasteiger partial charge in [-0.05, 0) is 24.5 Å². The van der Waals surface area contributed by atoms with E-state index in [0.29, 0.717) is 44.3 Å². The highest BCUT2D eigenvalue weighted by molar-refractivity contribution is 5.79. The maximum atomic E-state index is 12.4. The van der Waals surface area contributed by atoms with E-state index in [0.717, 1.165) is 6.42 Å². The van der Waals surface area contributed by atoms with Gasteiger partial charge in [-0.15, -0.1) is 0 Å². The SMILES string of the molecule is O=C(CCC1CCCC1)N1CCN(C(=O)COc2ccc([N+](=O)[O-])cc2)CC1. The smallest absolute Gasteiger partial charge is 0.269 e. The lowest BCUT2D eigenvalue weighted by molar-refractivity contribution is -0.384. The number of carbonyl (C=O) groups excluding carboxylic acids is 2. The Morgan fingerprint density at radius 2 is 1.57 bits per heavy atom. The van der Waals surface area contributed by atoms with Gasteiger partial charge < -0.3 is 14.5 Å². The van der Waals surface area contributed by atoms with Gasteiger partial charge in [-0.2, -0.15) is 0 Å². The monoisotopic (exact) mass is 389 g/mol. The van der Waals surface area contributed by atoms with Crippen LogP contribution in [0.5, 0.6) is 5.75 Å². The average molecular weight is 389 g/mol. The molecule has 1 aromatic rings. The summed E-state index contributed by atoms with van der Waals surface area (Å²) >= 11 is 0. The van der Waals surface area contributed by atoms with Crippen LogP contribution in [0.15, 0.2) is 24.3 Å². The summed E-state index contributed by atoms with van der Waals surface area (Å²) in [6, 6.07) is 5.64. The fourth-order valence-electron chi connectivity index (χ4n) is 3.89. The number of nitro benzene ring substituents is 1. The number of rotatable bonds is 7. The molecule has 152 valence electrons. The zero-order chi connectivity index (χ0) is 19.9. The van der Waals surface area contributed by atoms with Crippen LogP contribution in [-0.4, -0.2) is 59.3 Å². The molecule has 0 radical (unpaired) electrons. The topological polar surface area (TPSA) is 93.0 Å². The maximum Gasteiger partial charge on any atom is 0.269 e. The highest BCUT2D eigenvalue weighted by Crippen LogP contribution is 2.28. The van der Waals surface area contributed by atoms with Crippen LogP contribution in [0, 0.1) is 16.0 Å². The number of ether oxygens (including phenoxy) is 1. The zero-order valence-electron chi connectivity index (χ0n) is 16.0. The van der Waals surface area contributed by atoms with Crippen LogP contribution in [0.25, 0.3) is 0 Å². The molecule has 0 aromatic heterocycles. The van der Waals surface area contributed by atoms with Crippen LogP contribution in [0.3, 0.4) is 0 Å². The number of nitro groups is 1. The predicted molar refractivity (Wildman–Crippen MR) is 103 cm³/mol. The molecule has 8 nitrogen and oxygen atoms in total. The third kappa shape index (κ3) is 5.43. The number of hydrogen-bond acceptors (Lipinski definition) is 5. The quantitative estimate of drug-likeness (QED) is 0.528. The maximum absolute atomic E-state index is 12.4. The molecule has 3 rings (SSSR count). The van der Waals surface area contributed by atoms with E-state index in [1.807, 2.05) is 4.90 Å². The van der Waals surface area contributed by atoms with E-state index >= 15 is 0 Å². The van der Waals surface area contributed by atoms with Crippen molar-refractivity contribution in [1.82, 2.24) is 9.80 Å². The Bertz CT molecular complexity index is 692. The minimum Gasteiger partial charge on any atom is -0.484 e. The number of non-ortho nitro benzene ring substituents is 1. The van der Waals surface area contributed by atoms with E-state index < -0.39 is 4.92 Å². The molecule has 0 N–H and O–H groups in total. The van der Waals surface area contributed by atoms with Gasteiger partial charge >= 0.3 is 0 Å². The van der Waals surface area contributed by atoms with Gasteiger partial charge in [0.25, 0.3) is 11.6 Å². The van der Waals surface area contributed by atoms with Crippen LogP contribution in [-0.2, 0) is 9.59 Å². The molecular weight excluding hydrogens is 362 g/mol. The van der Waals surface area contributed by atoms with E-state index in [4.69, 9.17) is 4.74 Å². The second-order valence-electron chi connectivity index (χ2n) is 7.49. The Morgan fingerprint density at radius 3 is 2.14 bits per heavy atom. The molecule has 0 atom stereocenters. The van der Waals surface area contributed by atoms with E-state index in [1.54, 1.807) is 4.90 Å². The standard InChI is InChI=1S/C20H27N3O5/c24-19(10-5-16-3-1-2-4-16)21-11-13-22(14-12-21)20(25)15-28-18-8-6-17(7-9-18)23(26)27/h6-9,16H,1-5,10-15H2. The molecule has 28 heavy (non-hydrogen) atoms. The van der Waals surface area contributed by atoms with Crippen molar-refractivity contribution in [2.75, 3.05) is 32.8 Å². The van der Waals surface area contributed by atoms with Crippen molar-refractivity contribution in [3.05, 3.63) is 34.4 Å². The summed E-state index contributed by atoms with van der Waals surface area (Å²) < 4.78 is 5.43. The number of amides is 2. The van der Waals surface area contributed by atoms with Gasteiger partial charge in [0, 0.05) is 44.7 Å². The summed E-state index contributed by atoms with van der Waals surface area (Å²) in [7, 11) is 0. The average Bonchev–Trinajstić information content (AvgIpc) is 3.24. The second-order valence-corrected chi connectivity index (χ2v) is 7.49. The zero-order valence-corrected chi connectivity index (χ0v) is 16.0. The lowest BCUT2D eigenvalue weighted by Crippen LogP contribution is -2.51. The normalized spacial score (nSPS) is 17.6. The minimum atomic E-state index is -0.483. The summed E-state index contributed by atoms with van der Waals surface area (Å²) in [6.45, 7) is 2.03. The van der Waals surface area contributed by atoms with Crippen molar-refractivity contribution in [3.8, 4) is 5.75 Å². The molecule has 1 saturated heterocycles. The molecule has 2 fully saturated rings. The third-order valence-corrected chi connectivity index (χ3v) is 5.64. The van der Waals surface area contributed by atoms with E-state index in [2.05, 4.69) is 0 Å². The first-order valence-corrected chi connectivity index (χ1v) is 9.96. The first-order chi connectivity index (χ1) is 13.5. The number of hydrogen-bond donors (Lipinski definition) is 0. The summed E-state index contributed by atoms with van der Waals surface area (Å²) in [6.07, 6.45) is 6.70. The summed E-state index contributed by atoms with van der Waals surface area (Å²) in [5, 5.41) is 10.6. The molecule has 0 bridgehead atoms. The van der Waals surface area contributed by atoms with E-state index in [9.17, 15) is 19.7 Å². The third-order valence-electron chi connectivity index (χ3n) is 5.64. The first-order valence-electron chi connectivity index (χ1n) is 9.96. The molecule has 1 heterocycles. The van der Waals surface area contributed by atoms with Crippen LogP contribution in [0.4, 0.5) is 5.69 Å². The Morgan fingerprint density at radius 1 is 1.00 bits per heavy atom. The fraction of sp³-hybridized carbons (Fsp3) is 0.600. The highest BCUT2D eigenvalue weighted by Gasteiger charge is 2.25. The van der Waals surface area contributed by atoms with E-state index in [-0.39, 0.29) is 24.1 Å². The summed E-state index contributed by atoms with van der Waals surface area (Å²) in [4.78, 5) is 38.4. The minimum absolute atomic E-state index is 0.0209. The Labute approximate surface area is 164 Å². The van der Waals surface area contributed by atoms with Gasteiger partial charge in [-0.1, -0.05) is 25.7 Å².